The summed E-state index contributed by atoms with van der Waals surface area (Å²) in [6, 6.07) is 13.4. The number of aryl methyl sites for hydroxylation is 1. The fourth-order valence-electron chi connectivity index (χ4n) is 2.29. The van der Waals surface area contributed by atoms with E-state index in [9.17, 15) is 0 Å². The summed E-state index contributed by atoms with van der Waals surface area (Å²) in [5.74, 6) is 1.39. The lowest BCUT2D eigenvalue weighted by Gasteiger charge is -2.07. The summed E-state index contributed by atoms with van der Waals surface area (Å²) in [4.78, 5) is 2.06. The number of hydrogen-bond acceptors (Lipinski definition) is 3. The van der Waals surface area contributed by atoms with Crippen LogP contribution in [0.25, 0.3) is 0 Å². The molecule has 1 heterocycles. The first kappa shape index (κ1) is 20.2. The zero-order chi connectivity index (χ0) is 18.7. The molecule has 3 aromatic rings. The van der Waals surface area contributed by atoms with Gasteiger partial charge in [-0.3, -0.25) is 4.68 Å². The molecule has 0 saturated heterocycles. The summed E-state index contributed by atoms with van der Waals surface area (Å²) in [5, 5.41) is 7.04. The number of halogens is 4. The Balaban J connectivity index is 1.74. The minimum absolute atomic E-state index is 0.549. The maximum atomic E-state index is 6.46. The molecule has 0 unspecified atom stereocenters. The van der Waals surface area contributed by atoms with Crippen LogP contribution in [-0.4, -0.2) is 9.78 Å². The summed E-state index contributed by atoms with van der Waals surface area (Å²) in [5.41, 5.74) is 1.97. The number of rotatable bonds is 6. The van der Waals surface area contributed by atoms with Gasteiger partial charge in [0, 0.05) is 38.9 Å². The van der Waals surface area contributed by atoms with Crippen LogP contribution in [0.1, 0.15) is 11.3 Å². The molecule has 0 radical (unpaired) electrons. The SMILES string of the molecule is Cn1nc(CSc2ccc(Cl)cc2)c(CSc2cccc(Cl)c2Cl)c1Cl. The average molecular weight is 464 g/mol. The molecule has 0 bridgehead atoms. The summed E-state index contributed by atoms with van der Waals surface area (Å²) >= 11 is 28.1. The van der Waals surface area contributed by atoms with Gasteiger partial charge in [-0.25, -0.2) is 0 Å². The zero-order valence-electron chi connectivity index (χ0n) is 13.7. The molecule has 0 spiro atoms. The van der Waals surface area contributed by atoms with E-state index < -0.39 is 0 Å². The van der Waals surface area contributed by atoms with Gasteiger partial charge in [-0.1, -0.05) is 52.5 Å². The van der Waals surface area contributed by atoms with Gasteiger partial charge in [-0.05, 0) is 36.4 Å². The fourth-order valence-corrected chi connectivity index (χ4v) is 5.10. The standard InChI is InChI=1S/C18H14Cl4N2S2/c1-24-18(22)13(9-26-16-4-2-3-14(20)17(16)21)15(23-24)10-25-12-7-5-11(19)6-8-12/h2-8H,9-10H2,1H3. The van der Waals surface area contributed by atoms with E-state index in [0.29, 0.717) is 21.0 Å². The lowest BCUT2D eigenvalue weighted by atomic mass is 10.3. The third-order valence-corrected chi connectivity index (χ3v) is 7.39. The second kappa shape index (κ2) is 9.13. The van der Waals surface area contributed by atoms with Crippen LogP contribution in [0.4, 0.5) is 0 Å². The van der Waals surface area contributed by atoms with Crippen molar-refractivity contribution in [1.82, 2.24) is 9.78 Å². The van der Waals surface area contributed by atoms with E-state index >= 15 is 0 Å². The Morgan fingerprint density at radius 1 is 0.923 bits per heavy atom. The van der Waals surface area contributed by atoms with Crippen molar-refractivity contribution in [2.24, 2.45) is 7.05 Å². The molecule has 0 aliphatic rings. The molecule has 0 aliphatic carbocycles. The van der Waals surface area contributed by atoms with Gasteiger partial charge in [0.2, 0.25) is 0 Å². The van der Waals surface area contributed by atoms with Crippen LogP contribution < -0.4 is 0 Å². The van der Waals surface area contributed by atoms with Crippen LogP contribution in [0.5, 0.6) is 0 Å². The molecule has 0 saturated carbocycles. The Morgan fingerprint density at radius 3 is 2.38 bits per heavy atom. The van der Waals surface area contributed by atoms with Gasteiger partial charge in [0.15, 0.2) is 0 Å². The zero-order valence-corrected chi connectivity index (χ0v) is 18.3. The first-order chi connectivity index (χ1) is 12.5. The Labute approximate surface area is 181 Å². The van der Waals surface area contributed by atoms with Crippen molar-refractivity contribution >= 4 is 69.9 Å². The van der Waals surface area contributed by atoms with Crippen molar-refractivity contribution in [2.45, 2.75) is 21.3 Å². The molecule has 8 heteroatoms. The number of thioether (sulfide) groups is 2. The largest absolute Gasteiger partial charge is 0.256 e. The third kappa shape index (κ3) is 4.86. The highest BCUT2D eigenvalue weighted by Crippen LogP contribution is 2.37. The minimum Gasteiger partial charge on any atom is -0.256 e. The monoisotopic (exact) mass is 462 g/mol. The molecule has 0 aliphatic heterocycles. The van der Waals surface area contributed by atoms with Crippen LogP contribution in [-0.2, 0) is 18.6 Å². The molecule has 3 rings (SSSR count). The summed E-state index contributed by atoms with van der Waals surface area (Å²) in [6.07, 6.45) is 0. The van der Waals surface area contributed by atoms with Crippen molar-refractivity contribution in [3.8, 4) is 0 Å². The van der Waals surface area contributed by atoms with Crippen LogP contribution >= 0.6 is 69.9 Å². The van der Waals surface area contributed by atoms with E-state index in [1.165, 1.54) is 0 Å². The number of nitrogens with zero attached hydrogens (tertiary/aromatic N) is 2. The first-order valence-corrected chi connectivity index (χ1v) is 11.1. The normalized spacial score (nSPS) is 11.1. The predicted molar refractivity (Wildman–Crippen MR) is 115 cm³/mol. The molecular formula is C18H14Cl4N2S2. The quantitative estimate of drug-likeness (QED) is 0.350. The second-order valence-corrected chi connectivity index (χ2v) is 9.07. The maximum Gasteiger partial charge on any atom is 0.131 e. The van der Waals surface area contributed by atoms with E-state index in [0.717, 1.165) is 31.8 Å². The van der Waals surface area contributed by atoms with Gasteiger partial charge in [0.05, 0.1) is 15.7 Å². The smallest absolute Gasteiger partial charge is 0.131 e. The van der Waals surface area contributed by atoms with Crippen LogP contribution in [0.15, 0.2) is 52.3 Å². The highest BCUT2D eigenvalue weighted by Gasteiger charge is 2.16. The molecule has 1 aromatic heterocycles. The molecule has 26 heavy (non-hydrogen) atoms. The summed E-state index contributed by atoms with van der Waals surface area (Å²) in [7, 11) is 1.85. The molecule has 2 nitrogen and oxygen atoms in total. The van der Waals surface area contributed by atoms with E-state index in [2.05, 4.69) is 5.10 Å². The molecule has 0 atom stereocenters. The molecule has 0 amide bonds. The van der Waals surface area contributed by atoms with E-state index in [1.807, 2.05) is 43.4 Å². The van der Waals surface area contributed by atoms with E-state index in [4.69, 9.17) is 46.4 Å². The van der Waals surface area contributed by atoms with Gasteiger partial charge in [0.25, 0.3) is 0 Å². The summed E-state index contributed by atoms with van der Waals surface area (Å²) < 4.78 is 1.70. The minimum atomic E-state index is 0.549. The van der Waals surface area contributed by atoms with Gasteiger partial charge in [0.1, 0.15) is 5.15 Å². The number of aromatic nitrogens is 2. The highest BCUT2D eigenvalue weighted by molar-refractivity contribution is 7.99. The molecular weight excluding hydrogens is 450 g/mol. The van der Waals surface area contributed by atoms with Crippen molar-refractivity contribution in [1.29, 1.82) is 0 Å². The van der Waals surface area contributed by atoms with Crippen molar-refractivity contribution in [3.63, 3.8) is 0 Å². The lowest BCUT2D eigenvalue weighted by Crippen LogP contribution is -1.91. The average Bonchev–Trinajstić information content (AvgIpc) is 2.90. The van der Waals surface area contributed by atoms with Gasteiger partial charge in [-0.15, -0.1) is 23.5 Å². The van der Waals surface area contributed by atoms with E-state index in [-0.39, 0.29) is 0 Å². The molecule has 0 N–H and O–H groups in total. The molecule has 0 fully saturated rings. The molecule has 136 valence electrons. The maximum absolute atomic E-state index is 6.46. The highest BCUT2D eigenvalue weighted by atomic mass is 35.5. The van der Waals surface area contributed by atoms with Gasteiger partial charge in [-0.2, -0.15) is 5.10 Å². The van der Waals surface area contributed by atoms with Crippen LogP contribution in [0, 0.1) is 0 Å². The Kier molecular flexibility index (Phi) is 7.11. The van der Waals surface area contributed by atoms with Gasteiger partial charge >= 0.3 is 0 Å². The Morgan fingerprint density at radius 2 is 1.65 bits per heavy atom. The fraction of sp³-hybridized carbons (Fsp3) is 0.167. The number of benzene rings is 2. The molecule has 2 aromatic carbocycles. The first-order valence-electron chi connectivity index (χ1n) is 7.61. The van der Waals surface area contributed by atoms with E-state index in [1.54, 1.807) is 34.3 Å². The third-order valence-electron chi connectivity index (χ3n) is 3.63. The van der Waals surface area contributed by atoms with Crippen LogP contribution in [0.3, 0.4) is 0 Å². The van der Waals surface area contributed by atoms with Crippen molar-refractivity contribution < 1.29 is 0 Å². The summed E-state index contributed by atoms with van der Waals surface area (Å²) in [6.45, 7) is 0. The lowest BCUT2D eigenvalue weighted by molar-refractivity contribution is 0.755. The Bertz CT molecular complexity index is 910. The van der Waals surface area contributed by atoms with Crippen molar-refractivity contribution in [2.75, 3.05) is 0 Å². The van der Waals surface area contributed by atoms with Crippen molar-refractivity contribution in [3.05, 3.63) is 73.9 Å². The topological polar surface area (TPSA) is 17.8 Å². The Hall–Kier alpha value is -0.490. The predicted octanol–water partition coefficient (Wildman–Crippen LogP) is 7.62. The van der Waals surface area contributed by atoms with Crippen LogP contribution in [0.2, 0.25) is 20.2 Å². The van der Waals surface area contributed by atoms with Gasteiger partial charge < -0.3 is 0 Å². The second-order valence-electron chi connectivity index (χ2n) is 5.42. The number of hydrogen-bond donors (Lipinski definition) is 0.